The Morgan fingerprint density at radius 1 is 1.07 bits per heavy atom. The van der Waals surface area contributed by atoms with Gasteiger partial charge in [-0.3, -0.25) is 4.79 Å². The summed E-state index contributed by atoms with van der Waals surface area (Å²) < 4.78 is 9.45. The van der Waals surface area contributed by atoms with E-state index in [1.54, 1.807) is 34.6 Å². The largest absolute Gasteiger partial charge is 0.516 e. The molecule has 0 aromatic heterocycles. The van der Waals surface area contributed by atoms with Crippen LogP contribution in [-0.4, -0.2) is 17.7 Å². The smallest absolute Gasteiger partial charge is 0.428 e. The Morgan fingerprint density at radius 2 is 1.53 bits per heavy atom. The van der Waals surface area contributed by atoms with Crippen LogP contribution in [0.15, 0.2) is 0 Å². The number of carbonyl (C=O) groups is 2. The Hall–Kier alpha value is -1.06. The molecule has 4 heteroatoms. The SMILES string of the molecule is CCC(C)(C)C(=O)OC(=O)OC(C)(C)C. The molecule has 0 saturated heterocycles. The normalized spacial score (nSPS) is 12.1. The van der Waals surface area contributed by atoms with Crippen LogP contribution in [-0.2, 0) is 14.3 Å². The average Bonchev–Trinajstić information content (AvgIpc) is 2.00. The van der Waals surface area contributed by atoms with Crippen molar-refractivity contribution < 1.29 is 19.1 Å². The molecule has 0 heterocycles. The first kappa shape index (κ1) is 13.9. The van der Waals surface area contributed by atoms with Crippen molar-refractivity contribution in [3.05, 3.63) is 0 Å². The molecule has 0 rings (SSSR count). The molecule has 0 amide bonds. The summed E-state index contributed by atoms with van der Waals surface area (Å²) in [6.45, 7) is 10.4. The molecule has 0 saturated carbocycles. The minimum atomic E-state index is -0.936. The molecule has 0 spiro atoms. The highest BCUT2D eigenvalue weighted by molar-refractivity contribution is 5.85. The predicted octanol–water partition coefficient (Wildman–Crippen LogP) is 2.90. The summed E-state index contributed by atoms with van der Waals surface area (Å²) in [7, 11) is 0. The van der Waals surface area contributed by atoms with Gasteiger partial charge in [0.25, 0.3) is 0 Å². The van der Waals surface area contributed by atoms with Gasteiger partial charge in [0.05, 0.1) is 5.41 Å². The van der Waals surface area contributed by atoms with Crippen LogP contribution in [0.4, 0.5) is 4.79 Å². The Balaban J connectivity index is 4.26. The molecule has 0 N–H and O–H groups in total. The van der Waals surface area contributed by atoms with Gasteiger partial charge in [-0.05, 0) is 41.0 Å². The maximum Gasteiger partial charge on any atom is 0.516 e. The Kier molecular flexibility index (Phi) is 4.31. The average molecular weight is 216 g/mol. The maximum atomic E-state index is 11.5. The Morgan fingerprint density at radius 3 is 1.87 bits per heavy atom. The summed E-state index contributed by atoms with van der Waals surface area (Å²) in [5, 5.41) is 0. The highest BCUT2D eigenvalue weighted by atomic mass is 16.7. The van der Waals surface area contributed by atoms with Crippen molar-refractivity contribution in [1.82, 2.24) is 0 Å². The van der Waals surface area contributed by atoms with Crippen LogP contribution in [0.2, 0.25) is 0 Å². The third-order valence-corrected chi connectivity index (χ3v) is 2.00. The van der Waals surface area contributed by atoms with Gasteiger partial charge in [0.15, 0.2) is 0 Å². The fraction of sp³-hybridized carbons (Fsp3) is 0.818. The summed E-state index contributed by atoms with van der Waals surface area (Å²) >= 11 is 0. The van der Waals surface area contributed by atoms with Gasteiger partial charge in [-0.2, -0.15) is 0 Å². The van der Waals surface area contributed by atoms with Crippen LogP contribution in [0, 0.1) is 5.41 Å². The van der Waals surface area contributed by atoms with E-state index in [9.17, 15) is 9.59 Å². The number of hydrogen-bond acceptors (Lipinski definition) is 4. The molecule has 0 aromatic rings. The Labute approximate surface area is 90.9 Å². The second-order valence-electron chi connectivity index (χ2n) is 5.09. The van der Waals surface area contributed by atoms with Crippen LogP contribution < -0.4 is 0 Å². The first-order valence-electron chi connectivity index (χ1n) is 5.04. The van der Waals surface area contributed by atoms with Crippen molar-refractivity contribution in [3.63, 3.8) is 0 Å². The third kappa shape index (κ3) is 5.40. The van der Waals surface area contributed by atoms with Crippen LogP contribution in [0.3, 0.4) is 0 Å². The van der Waals surface area contributed by atoms with Crippen LogP contribution in [0.25, 0.3) is 0 Å². The third-order valence-electron chi connectivity index (χ3n) is 2.00. The summed E-state index contributed by atoms with van der Waals surface area (Å²) in [5.41, 5.74) is -1.30. The van der Waals surface area contributed by atoms with E-state index in [0.29, 0.717) is 6.42 Å². The highest BCUT2D eigenvalue weighted by Crippen LogP contribution is 2.22. The van der Waals surface area contributed by atoms with Gasteiger partial charge in [-0.25, -0.2) is 4.79 Å². The van der Waals surface area contributed by atoms with Gasteiger partial charge in [-0.1, -0.05) is 6.92 Å². The van der Waals surface area contributed by atoms with Gasteiger partial charge < -0.3 is 9.47 Å². The fourth-order valence-electron chi connectivity index (χ4n) is 0.629. The lowest BCUT2D eigenvalue weighted by atomic mass is 9.91. The molecular formula is C11H20O4. The molecule has 0 unspecified atom stereocenters. The van der Waals surface area contributed by atoms with E-state index in [4.69, 9.17) is 4.74 Å². The van der Waals surface area contributed by atoms with Crippen LogP contribution >= 0.6 is 0 Å². The molecule has 0 fully saturated rings. The number of carbonyl (C=O) groups excluding carboxylic acids is 2. The number of rotatable bonds is 2. The minimum absolute atomic E-state index is 0.556. The van der Waals surface area contributed by atoms with Crippen molar-refractivity contribution in [3.8, 4) is 0 Å². The van der Waals surface area contributed by atoms with Gasteiger partial charge >= 0.3 is 12.1 Å². The van der Waals surface area contributed by atoms with Gasteiger partial charge in [0.2, 0.25) is 0 Å². The molecule has 0 aromatic carbocycles. The van der Waals surface area contributed by atoms with E-state index in [-0.39, 0.29) is 0 Å². The van der Waals surface area contributed by atoms with Gasteiger partial charge in [0, 0.05) is 0 Å². The quantitative estimate of drug-likeness (QED) is 0.526. The Bertz CT molecular complexity index is 248. The molecule has 0 aliphatic heterocycles. The second kappa shape index (κ2) is 4.64. The molecule has 0 radical (unpaired) electrons. The predicted molar refractivity (Wildman–Crippen MR) is 56.4 cm³/mol. The van der Waals surface area contributed by atoms with Crippen molar-refractivity contribution in [1.29, 1.82) is 0 Å². The lowest BCUT2D eigenvalue weighted by Crippen LogP contribution is -2.31. The summed E-state index contributed by atoms with van der Waals surface area (Å²) in [4.78, 5) is 22.6. The summed E-state index contributed by atoms with van der Waals surface area (Å²) in [6.07, 6.45) is -0.330. The first-order chi connectivity index (χ1) is 6.58. The molecule has 0 bridgehead atoms. The number of hydrogen-bond donors (Lipinski definition) is 0. The van der Waals surface area contributed by atoms with E-state index < -0.39 is 23.1 Å². The number of esters is 1. The zero-order valence-corrected chi connectivity index (χ0v) is 10.3. The monoisotopic (exact) mass is 216 g/mol. The first-order valence-corrected chi connectivity index (χ1v) is 5.04. The fourth-order valence-corrected chi connectivity index (χ4v) is 0.629. The molecule has 15 heavy (non-hydrogen) atoms. The zero-order valence-electron chi connectivity index (χ0n) is 10.3. The molecule has 0 aliphatic rings. The standard InChI is InChI=1S/C11H20O4/c1-7-11(5,6)8(12)14-9(13)15-10(2,3)4/h7H2,1-6H3. The molecule has 0 aliphatic carbocycles. The minimum Gasteiger partial charge on any atom is -0.428 e. The van der Waals surface area contributed by atoms with Gasteiger partial charge in [-0.15, -0.1) is 0 Å². The second-order valence-corrected chi connectivity index (χ2v) is 5.09. The molecule has 0 atom stereocenters. The van der Waals surface area contributed by atoms with Crippen molar-refractivity contribution in [2.24, 2.45) is 5.41 Å². The zero-order chi connectivity index (χ0) is 12.3. The number of ether oxygens (including phenoxy) is 2. The van der Waals surface area contributed by atoms with Crippen molar-refractivity contribution in [2.75, 3.05) is 0 Å². The van der Waals surface area contributed by atoms with Crippen LogP contribution in [0.1, 0.15) is 48.0 Å². The molecule has 88 valence electrons. The maximum absolute atomic E-state index is 11.5. The summed E-state index contributed by atoms with van der Waals surface area (Å²) in [5.74, 6) is -0.556. The highest BCUT2D eigenvalue weighted by Gasteiger charge is 2.31. The van der Waals surface area contributed by atoms with E-state index in [2.05, 4.69) is 4.74 Å². The lowest BCUT2D eigenvalue weighted by molar-refractivity contribution is -0.151. The molecular weight excluding hydrogens is 196 g/mol. The van der Waals surface area contributed by atoms with E-state index in [0.717, 1.165) is 0 Å². The van der Waals surface area contributed by atoms with E-state index >= 15 is 0 Å². The van der Waals surface area contributed by atoms with E-state index in [1.807, 2.05) is 6.92 Å². The van der Waals surface area contributed by atoms with Gasteiger partial charge in [0.1, 0.15) is 5.60 Å². The van der Waals surface area contributed by atoms with Crippen molar-refractivity contribution in [2.45, 2.75) is 53.6 Å². The summed E-state index contributed by atoms with van der Waals surface area (Å²) in [6, 6.07) is 0. The molecule has 4 nitrogen and oxygen atoms in total. The van der Waals surface area contributed by atoms with E-state index in [1.165, 1.54) is 0 Å². The van der Waals surface area contributed by atoms with Crippen LogP contribution in [0.5, 0.6) is 0 Å². The topological polar surface area (TPSA) is 52.6 Å². The van der Waals surface area contributed by atoms with Crippen molar-refractivity contribution >= 4 is 12.1 Å². The lowest BCUT2D eigenvalue weighted by Gasteiger charge is -2.22.